The number of benzene rings is 2. The molecule has 29 heavy (non-hydrogen) atoms. The maximum Gasteiger partial charge on any atom is 0.254 e. The number of nitrogens with zero attached hydrogens (tertiary/aromatic N) is 2. The van der Waals surface area contributed by atoms with E-state index in [1.54, 1.807) is 17.0 Å². The molecule has 0 saturated heterocycles. The lowest BCUT2D eigenvalue weighted by molar-refractivity contribution is 0.0799. The number of amides is 1. The summed E-state index contributed by atoms with van der Waals surface area (Å²) in [6.07, 6.45) is 1.93. The standard InChI is InChI=1S/C22H20BrClN4O/c1-25-7-8-28(2)22(29)17-11-21(27-20-10-14(24)4-5-15(17)20)18-12-26-19-6-3-13(23)9-16(18)19/h3-6,9-12,25-26H,7-8H2,1-2H3. The van der Waals surface area contributed by atoms with Gasteiger partial charge in [-0.3, -0.25) is 4.79 Å². The van der Waals surface area contributed by atoms with E-state index in [1.807, 2.05) is 50.6 Å². The summed E-state index contributed by atoms with van der Waals surface area (Å²) in [7, 11) is 3.68. The zero-order valence-corrected chi connectivity index (χ0v) is 18.4. The SMILES string of the molecule is CNCCN(C)C(=O)c1cc(-c2c[nH]c3ccc(Br)cc23)nc2cc(Cl)ccc12. The summed E-state index contributed by atoms with van der Waals surface area (Å²) in [5, 5.41) is 5.49. The minimum absolute atomic E-state index is 0.0442. The van der Waals surface area contributed by atoms with E-state index in [9.17, 15) is 4.79 Å². The molecular formula is C22H20BrClN4O. The molecule has 4 rings (SSSR count). The van der Waals surface area contributed by atoms with E-state index in [-0.39, 0.29) is 5.91 Å². The van der Waals surface area contributed by atoms with Crippen LogP contribution in [0.1, 0.15) is 10.4 Å². The number of nitrogens with one attached hydrogen (secondary N) is 2. The Morgan fingerprint density at radius 3 is 2.83 bits per heavy atom. The molecule has 0 aliphatic heterocycles. The van der Waals surface area contributed by atoms with Crippen molar-refractivity contribution in [3.8, 4) is 11.3 Å². The number of likely N-dealkylation sites (N-methyl/N-ethyl adjacent to an activating group) is 2. The van der Waals surface area contributed by atoms with Crippen LogP contribution in [-0.2, 0) is 0 Å². The van der Waals surface area contributed by atoms with Crippen LogP contribution in [0.4, 0.5) is 0 Å². The summed E-state index contributed by atoms with van der Waals surface area (Å²) in [4.78, 5) is 23.0. The molecule has 2 heterocycles. The molecule has 2 aromatic carbocycles. The van der Waals surface area contributed by atoms with Crippen LogP contribution >= 0.6 is 27.5 Å². The number of rotatable bonds is 5. The van der Waals surface area contributed by atoms with Crippen molar-refractivity contribution in [2.45, 2.75) is 0 Å². The van der Waals surface area contributed by atoms with E-state index in [0.717, 1.165) is 38.6 Å². The van der Waals surface area contributed by atoms with Gasteiger partial charge in [0, 0.05) is 57.7 Å². The lowest BCUT2D eigenvalue weighted by atomic mass is 10.0. The van der Waals surface area contributed by atoms with Crippen LogP contribution in [0.5, 0.6) is 0 Å². The van der Waals surface area contributed by atoms with Gasteiger partial charge in [0.05, 0.1) is 16.8 Å². The van der Waals surface area contributed by atoms with Crippen molar-refractivity contribution in [2.24, 2.45) is 0 Å². The minimum atomic E-state index is -0.0442. The lowest BCUT2D eigenvalue weighted by Crippen LogP contribution is -2.33. The second kappa shape index (κ2) is 8.14. The van der Waals surface area contributed by atoms with Crippen molar-refractivity contribution in [1.82, 2.24) is 20.2 Å². The highest BCUT2D eigenvalue weighted by Crippen LogP contribution is 2.33. The van der Waals surface area contributed by atoms with Crippen LogP contribution in [0.3, 0.4) is 0 Å². The van der Waals surface area contributed by atoms with Gasteiger partial charge in [0.2, 0.25) is 0 Å². The molecule has 0 aliphatic rings. The third kappa shape index (κ3) is 3.88. The zero-order valence-electron chi connectivity index (χ0n) is 16.1. The quantitative estimate of drug-likeness (QED) is 0.426. The normalized spacial score (nSPS) is 11.3. The van der Waals surface area contributed by atoms with E-state index >= 15 is 0 Å². The first-order chi connectivity index (χ1) is 14.0. The fourth-order valence-electron chi connectivity index (χ4n) is 3.41. The molecule has 0 radical (unpaired) electrons. The molecule has 0 bridgehead atoms. The first kappa shape index (κ1) is 19.9. The number of carbonyl (C=O) groups is 1. The Hall–Kier alpha value is -2.41. The number of aromatic amines is 1. The Morgan fingerprint density at radius 1 is 1.21 bits per heavy atom. The third-order valence-corrected chi connectivity index (χ3v) is 5.69. The topological polar surface area (TPSA) is 61.0 Å². The lowest BCUT2D eigenvalue weighted by Gasteiger charge is -2.18. The number of H-pyrrole nitrogens is 1. The van der Waals surface area contributed by atoms with Gasteiger partial charge in [0.25, 0.3) is 5.91 Å². The molecule has 0 unspecified atom stereocenters. The summed E-state index contributed by atoms with van der Waals surface area (Å²) in [5.41, 5.74) is 3.99. The maximum atomic E-state index is 13.2. The van der Waals surface area contributed by atoms with Crippen molar-refractivity contribution >= 4 is 55.2 Å². The van der Waals surface area contributed by atoms with Gasteiger partial charge in [-0.25, -0.2) is 4.98 Å². The van der Waals surface area contributed by atoms with Crippen molar-refractivity contribution in [3.05, 3.63) is 63.7 Å². The summed E-state index contributed by atoms with van der Waals surface area (Å²) in [6.45, 7) is 1.34. The molecule has 0 fully saturated rings. The number of carbonyl (C=O) groups excluding carboxylic acids is 1. The van der Waals surface area contributed by atoms with Gasteiger partial charge >= 0.3 is 0 Å². The third-order valence-electron chi connectivity index (χ3n) is 4.97. The van der Waals surface area contributed by atoms with Crippen LogP contribution in [0.15, 0.2) is 53.1 Å². The number of fused-ring (bicyclic) bond motifs is 2. The fourth-order valence-corrected chi connectivity index (χ4v) is 3.94. The molecular weight excluding hydrogens is 452 g/mol. The molecule has 148 valence electrons. The number of hydrogen-bond donors (Lipinski definition) is 2. The van der Waals surface area contributed by atoms with Crippen LogP contribution in [0.25, 0.3) is 33.1 Å². The largest absolute Gasteiger partial charge is 0.360 e. The first-order valence-electron chi connectivity index (χ1n) is 9.25. The van der Waals surface area contributed by atoms with E-state index in [4.69, 9.17) is 16.6 Å². The van der Waals surface area contributed by atoms with Gasteiger partial charge in [-0.15, -0.1) is 0 Å². The fraction of sp³-hybridized carbons (Fsp3) is 0.182. The Balaban J connectivity index is 1.91. The molecule has 0 aliphatic carbocycles. The summed E-state index contributed by atoms with van der Waals surface area (Å²) >= 11 is 9.75. The van der Waals surface area contributed by atoms with E-state index in [1.165, 1.54) is 0 Å². The van der Waals surface area contributed by atoms with E-state index in [0.29, 0.717) is 22.6 Å². The van der Waals surface area contributed by atoms with Gasteiger partial charge in [-0.1, -0.05) is 33.6 Å². The molecule has 0 atom stereocenters. The number of hydrogen-bond acceptors (Lipinski definition) is 3. The first-order valence-corrected chi connectivity index (χ1v) is 10.4. The van der Waals surface area contributed by atoms with Gasteiger partial charge in [0.1, 0.15) is 0 Å². The average molecular weight is 472 g/mol. The van der Waals surface area contributed by atoms with Crippen LogP contribution < -0.4 is 5.32 Å². The summed E-state index contributed by atoms with van der Waals surface area (Å²) < 4.78 is 0.984. The van der Waals surface area contributed by atoms with Crippen LogP contribution in [0.2, 0.25) is 5.02 Å². The minimum Gasteiger partial charge on any atom is -0.360 e. The Morgan fingerprint density at radius 2 is 2.03 bits per heavy atom. The van der Waals surface area contributed by atoms with Crippen LogP contribution in [0, 0.1) is 0 Å². The highest BCUT2D eigenvalue weighted by atomic mass is 79.9. The molecule has 2 aromatic heterocycles. The Kier molecular flexibility index (Phi) is 5.58. The number of aromatic nitrogens is 2. The highest BCUT2D eigenvalue weighted by Gasteiger charge is 2.19. The molecule has 1 amide bonds. The average Bonchev–Trinajstić information content (AvgIpc) is 3.13. The smallest absolute Gasteiger partial charge is 0.254 e. The maximum absolute atomic E-state index is 13.2. The summed E-state index contributed by atoms with van der Waals surface area (Å²) in [6, 6.07) is 13.4. The summed E-state index contributed by atoms with van der Waals surface area (Å²) in [5.74, 6) is -0.0442. The van der Waals surface area contributed by atoms with Gasteiger partial charge in [-0.2, -0.15) is 0 Å². The number of pyridine rings is 1. The molecule has 2 N–H and O–H groups in total. The predicted molar refractivity (Wildman–Crippen MR) is 123 cm³/mol. The van der Waals surface area contributed by atoms with Crippen molar-refractivity contribution in [3.63, 3.8) is 0 Å². The molecule has 7 heteroatoms. The second-order valence-corrected chi connectivity index (χ2v) is 8.29. The van der Waals surface area contributed by atoms with Crippen molar-refractivity contribution < 1.29 is 4.79 Å². The predicted octanol–water partition coefficient (Wildman–Crippen LogP) is 5.09. The van der Waals surface area contributed by atoms with Gasteiger partial charge < -0.3 is 15.2 Å². The van der Waals surface area contributed by atoms with E-state index < -0.39 is 0 Å². The second-order valence-electron chi connectivity index (χ2n) is 6.94. The van der Waals surface area contributed by atoms with E-state index in [2.05, 4.69) is 26.2 Å². The van der Waals surface area contributed by atoms with Gasteiger partial charge in [-0.05, 0) is 43.4 Å². The zero-order chi connectivity index (χ0) is 20.5. The monoisotopic (exact) mass is 470 g/mol. The Labute approximate surface area is 182 Å². The molecule has 5 nitrogen and oxygen atoms in total. The van der Waals surface area contributed by atoms with Crippen molar-refractivity contribution in [1.29, 1.82) is 0 Å². The van der Waals surface area contributed by atoms with Crippen LogP contribution in [-0.4, -0.2) is 48.0 Å². The number of halogens is 2. The molecule has 0 spiro atoms. The van der Waals surface area contributed by atoms with Gasteiger partial charge in [0.15, 0.2) is 0 Å². The molecule has 0 saturated carbocycles. The van der Waals surface area contributed by atoms with Crippen molar-refractivity contribution in [2.75, 3.05) is 27.2 Å². The highest BCUT2D eigenvalue weighted by molar-refractivity contribution is 9.10. The molecule has 4 aromatic rings. The Bertz CT molecular complexity index is 1220.